The summed E-state index contributed by atoms with van der Waals surface area (Å²) in [5.74, 6) is 0.889. The number of likely N-dealkylation sites (tertiary alicyclic amines) is 2. The average Bonchev–Trinajstić information content (AvgIpc) is 4.11. The lowest BCUT2D eigenvalue weighted by molar-refractivity contribution is -0.137. The van der Waals surface area contributed by atoms with E-state index in [1.54, 1.807) is 52.3 Å². The Bertz CT molecular complexity index is 2180. The Hall–Kier alpha value is -6.49. The molecule has 0 bridgehead atoms. The second-order valence-corrected chi connectivity index (χ2v) is 14.4. The molecule has 0 unspecified atom stereocenters. The van der Waals surface area contributed by atoms with Crippen LogP contribution in [0.5, 0.6) is 0 Å². The Balaban J connectivity index is 0.999. The first-order valence-electron chi connectivity index (χ1n) is 19.3. The number of amides is 4. The summed E-state index contributed by atoms with van der Waals surface area (Å²) < 4.78 is 16.5. The van der Waals surface area contributed by atoms with Crippen molar-refractivity contribution in [3.05, 3.63) is 91.0 Å². The van der Waals surface area contributed by atoms with Crippen LogP contribution in [-0.2, 0) is 30.3 Å². The summed E-state index contributed by atoms with van der Waals surface area (Å²) in [6.07, 6.45) is 8.07. The third-order valence-corrected chi connectivity index (χ3v) is 10.9. The lowest BCUT2D eigenvalue weighted by Crippen LogP contribution is -2.54. The van der Waals surface area contributed by atoms with Gasteiger partial charge in [-0.3, -0.25) is 14.3 Å². The van der Waals surface area contributed by atoms with E-state index in [0.717, 1.165) is 59.3 Å². The zero-order valence-electron chi connectivity index (χ0n) is 32.9. The summed E-state index contributed by atoms with van der Waals surface area (Å²) in [5, 5.41) is 9.49. The average molecular weight is 793 g/mol. The van der Waals surface area contributed by atoms with Crippen molar-refractivity contribution in [2.45, 2.75) is 69.4 Å². The molecular weight excluding hydrogens is 745 g/mol. The first kappa shape index (κ1) is 39.7. The smallest absolute Gasteiger partial charge is 0.407 e. The summed E-state index contributed by atoms with van der Waals surface area (Å²) in [4.78, 5) is 71.2. The van der Waals surface area contributed by atoms with Gasteiger partial charge in [-0.1, -0.05) is 48.5 Å². The second kappa shape index (κ2) is 17.8. The maximum atomic E-state index is 13.8. The molecule has 2 aliphatic rings. The van der Waals surface area contributed by atoms with Crippen LogP contribution in [0.15, 0.2) is 79.4 Å². The third-order valence-electron chi connectivity index (χ3n) is 10.9. The molecule has 304 valence electrons. The highest BCUT2D eigenvalue weighted by molar-refractivity contribution is 5.87. The molecule has 4 amide bonds. The van der Waals surface area contributed by atoms with Crippen LogP contribution in [0.25, 0.3) is 33.6 Å². The van der Waals surface area contributed by atoms with Crippen LogP contribution in [0, 0.1) is 0 Å². The Labute approximate surface area is 335 Å². The van der Waals surface area contributed by atoms with Crippen LogP contribution in [-0.4, -0.2) is 116 Å². The number of alkyl carbamates (subject to hydrolysis) is 2. The Morgan fingerprint density at radius 1 is 0.741 bits per heavy atom. The fourth-order valence-electron chi connectivity index (χ4n) is 7.68. The van der Waals surface area contributed by atoms with Crippen LogP contribution in [0.3, 0.4) is 0 Å². The fourth-order valence-corrected chi connectivity index (χ4v) is 7.68. The minimum absolute atomic E-state index is 0.172. The summed E-state index contributed by atoms with van der Waals surface area (Å²) in [6, 6.07) is 15.8. The van der Waals surface area contributed by atoms with E-state index in [-0.39, 0.29) is 30.4 Å². The Morgan fingerprint density at radius 3 is 1.72 bits per heavy atom. The number of benzene rings is 2. The van der Waals surface area contributed by atoms with Crippen molar-refractivity contribution in [1.82, 2.24) is 50.1 Å². The predicted molar refractivity (Wildman–Crippen MR) is 212 cm³/mol. The van der Waals surface area contributed by atoms with Gasteiger partial charge in [-0.15, -0.1) is 0 Å². The highest BCUT2D eigenvalue weighted by Gasteiger charge is 2.39. The van der Waals surface area contributed by atoms with E-state index in [1.807, 2.05) is 24.3 Å². The van der Waals surface area contributed by atoms with Crippen LogP contribution in [0.2, 0.25) is 0 Å². The molecular formula is C41H48N10O7. The van der Waals surface area contributed by atoms with Gasteiger partial charge in [0.2, 0.25) is 11.8 Å². The lowest BCUT2D eigenvalue weighted by Gasteiger charge is -2.30. The fraction of sp³-hybridized carbons (Fsp3) is 0.390. The maximum absolute atomic E-state index is 13.8. The van der Waals surface area contributed by atoms with Crippen molar-refractivity contribution in [1.29, 1.82) is 0 Å². The first-order valence-corrected chi connectivity index (χ1v) is 19.3. The third kappa shape index (κ3) is 8.58. The molecule has 0 spiro atoms. The normalized spacial score (nSPS) is 18.1. The zero-order chi connectivity index (χ0) is 40.8. The van der Waals surface area contributed by atoms with E-state index in [2.05, 4.69) is 59.9 Å². The Kier molecular flexibility index (Phi) is 12.2. The standard InChI is InChI=1S/C41H48N10O7/c1-25(56-2)35(48-41(55)58-4)39(53)51-21-6-9-34(51)37-43-23-31(46-37)29-16-12-27(13-17-29)26-10-14-28(15-11-26)30-22-42-36(45-30)33-8-5-20-50(33)38(52)32(47-40(54)57-3)24-49-19-7-18-44-49/h7,10-19,22-23,25,32-35H,5-6,8-9,20-21,24H2,1-4H3,(H,42,45)(H,43,46)(H,47,54)(H,48,55)/t25-,32+,33+,34+,35+/m1/s1. The number of nitrogens with one attached hydrogen (secondary N) is 4. The molecule has 7 rings (SSSR count). The largest absolute Gasteiger partial charge is 0.453 e. The van der Waals surface area contributed by atoms with E-state index < -0.39 is 30.4 Å². The molecule has 2 fully saturated rings. The van der Waals surface area contributed by atoms with Crippen LogP contribution in [0.1, 0.15) is 56.3 Å². The molecule has 0 aliphatic carbocycles. The molecule has 2 aromatic carbocycles. The van der Waals surface area contributed by atoms with Crippen LogP contribution in [0.4, 0.5) is 9.59 Å². The van der Waals surface area contributed by atoms with Gasteiger partial charge in [0.05, 0.1) is 62.7 Å². The predicted octanol–water partition coefficient (Wildman–Crippen LogP) is 4.84. The number of H-pyrrole nitrogens is 2. The summed E-state index contributed by atoms with van der Waals surface area (Å²) in [7, 11) is 4.02. The molecule has 17 heteroatoms. The highest BCUT2D eigenvalue weighted by atomic mass is 16.5. The number of hydrogen-bond donors (Lipinski definition) is 4. The molecule has 3 aromatic heterocycles. The van der Waals surface area contributed by atoms with Gasteiger partial charge in [-0.2, -0.15) is 5.10 Å². The molecule has 0 saturated carbocycles. The Morgan fingerprint density at radius 2 is 1.24 bits per heavy atom. The van der Waals surface area contributed by atoms with Crippen molar-refractivity contribution in [3.8, 4) is 33.6 Å². The lowest BCUT2D eigenvalue weighted by atomic mass is 10.0. The van der Waals surface area contributed by atoms with Gasteiger partial charge >= 0.3 is 12.2 Å². The minimum atomic E-state index is -0.900. The number of aromatic nitrogens is 6. The van der Waals surface area contributed by atoms with Gasteiger partial charge in [0.25, 0.3) is 0 Å². The van der Waals surface area contributed by atoms with Gasteiger partial charge < -0.3 is 44.6 Å². The van der Waals surface area contributed by atoms with Gasteiger partial charge in [0.1, 0.15) is 23.7 Å². The van der Waals surface area contributed by atoms with E-state index in [9.17, 15) is 19.2 Å². The maximum Gasteiger partial charge on any atom is 0.407 e. The van der Waals surface area contributed by atoms with E-state index >= 15 is 0 Å². The monoisotopic (exact) mass is 792 g/mol. The summed E-state index contributed by atoms with van der Waals surface area (Å²) >= 11 is 0. The van der Waals surface area contributed by atoms with Crippen LogP contribution >= 0.6 is 0 Å². The van der Waals surface area contributed by atoms with Gasteiger partial charge in [0, 0.05) is 32.6 Å². The van der Waals surface area contributed by atoms with E-state index in [0.29, 0.717) is 24.7 Å². The minimum Gasteiger partial charge on any atom is -0.453 e. The molecule has 2 saturated heterocycles. The first-order chi connectivity index (χ1) is 28.2. The number of ether oxygens (including phenoxy) is 3. The number of imidazole rings is 2. The zero-order valence-corrected chi connectivity index (χ0v) is 32.9. The second-order valence-electron chi connectivity index (χ2n) is 14.4. The van der Waals surface area contributed by atoms with Crippen molar-refractivity contribution in [3.63, 3.8) is 0 Å². The number of nitrogens with zero attached hydrogens (tertiary/aromatic N) is 6. The van der Waals surface area contributed by atoms with Crippen molar-refractivity contribution >= 4 is 24.0 Å². The molecule has 58 heavy (non-hydrogen) atoms. The summed E-state index contributed by atoms with van der Waals surface area (Å²) in [6.45, 7) is 2.98. The molecule has 2 aliphatic heterocycles. The van der Waals surface area contributed by atoms with Crippen molar-refractivity contribution in [2.75, 3.05) is 34.4 Å². The number of rotatable bonds is 13. The molecule has 5 aromatic rings. The van der Waals surface area contributed by atoms with Gasteiger partial charge in [-0.25, -0.2) is 19.6 Å². The van der Waals surface area contributed by atoms with Gasteiger partial charge in [0.15, 0.2) is 0 Å². The number of carbonyl (C=O) groups is 4. The SMILES string of the molecule is COC(=O)N[C@@H](Cn1cccn1)C(=O)N1CCC[C@H]1c1ncc(-c2ccc(-c3ccc(-c4cnc([C@@H]5CCCN5C(=O)[C@@H](NC(=O)OC)[C@@H](C)OC)[nH]4)cc3)cc2)[nH]1. The topological polar surface area (TPSA) is 202 Å². The van der Waals surface area contributed by atoms with Crippen molar-refractivity contribution in [2.24, 2.45) is 0 Å². The number of methoxy groups -OCH3 is 3. The quantitative estimate of drug-likeness (QED) is 0.128. The number of hydrogen-bond acceptors (Lipinski definition) is 10. The van der Waals surface area contributed by atoms with Crippen molar-refractivity contribution < 1.29 is 33.4 Å². The van der Waals surface area contributed by atoms with Gasteiger partial charge in [-0.05, 0) is 60.9 Å². The van der Waals surface area contributed by atoms with E-state index in [4.69, 9.17) is 14.2 Å². The van der Waals surface area contributed by atoms with Crippen LogP contribution < -0.4 is 10.6 Å². The van der Waals surface area contributed by atoms with E-state index in [1.165, 1.54) is 21.3 Å². The molecule has 0 radical (unpaired) electrons. The number of carbonyl (C=O) groups excluding carboxylic acids is 4. The molecule has 5 heterocycles. The molecule has 17 nitrogen and oxygen atoms in total. The number of aromatic amines is 2. The highest BCUT2D eigenvalue weighted by Crippen LogP contribution is 2.35. The molecule has 4 N–H and O–H groups in total. The molecule has 5 atom stereocenters. The summed E-state index contributed by atoms with van der Waals surface area (Å²) in [5.41, 5.74) is 5.64.